The van der Waals surface area contributed by atoms with Gasteiger partial charge in [0.2, 0.25) is 5.75 Å². The summed E-state index contributed by atoms with van der Waals surface area (Å²) in [6.45, 7) is 3.76. The molecule has 1 aromatic carbocycles. The summed E-state index contributed by atoms with van der Waals surface area (Å²) in [6.07, 6.45) is 0. The van der Waals surface area contributed by atoms with Crippen molar-refractivity contribution in [3.05, 3.63) is 33.9 Å². The van der Waals surface area contributed by atoms with Crippen molar-refractivity contribution in [2.45, 2.75) is 13.8 Å². The highest BCUT2D eigenvalue weighted by Crippen LogP contribution is 2.55. The Kier molecular flexibility index (Phi) is 4.89. The molecule has 0 N–H and O–H groups in total. The molecule has 0 fully saturated rings. The quantitative estimate of drug-likeness (QED) is 0.470. The van der Waals surface area contributed by atoms with Crippen LogP contribution in [0.2, 0.25) is 0 Å². The summed E-state index contributed by atoms with van der Waals surface area (Å²) < 4.78 is 10.3. The molecular formula is C9H11ClNO4PS. The summed E-state index contributed by atoms with van der Waals surface area (Å²) in [5.41, 5.74) is 0.586. The summed E-state index contributed by atoms with van der Waals surface area (Å²) in [4.78, 5) is 10.3. The summed E-state index contributed by atoms with van der Waals surface area (Å²) in [6, 6.07) is 4.55. The van der Waals surface area contributed by atoms with Gasteiger partial charge in [0.25, 0.3) is 0 Å². The van der Waals surface area contributed by atoms with Crippen molar-refractivity contribution in [2.75, 3.05) is 6.61 Å². The van der Waals surface area contributed by atoms with Crippen LogP contribution in [0.5, 0.6) is 5.75 Å². The Morgan fingerprint density at radius 3 is 2.76 bits per heavy atom. The standard InChI is InChI=1S/C9H11ClNO4PS/c1-3-14-16(10,17)15-9-5-4-7(2)6-8(9)11(12)13/h4-6H,3H2,1-2H3. The second-order valence-corrected chi connectivity index (χ2v) is 7.85. The zero-order valence-corrected chi connectivity index (χ0v) is 11.7. The highest BCUT2D eigenvalue weighted by atomic mass is 35.7. The second kappa shape index (κ2) is 5.78. The van der Waals surface area contributed by atoms with E-state index in [1.54, 1.807) is 19.9 Å². The first-order valence-electron chi connectivity index (χ1n) is 4.74. The van der Waals surface area contributed by atoms with Crippen molar-refractivity contribution in [3.8, 4) is 5.75 Å². The molecule has 1 rings (SSSR count). The minimum atomic E-state index is -3.00. The van der Waals surface area contributed by atoms with Gasteiger partial charge >= 0.3 is 11.5 Å². The van der Waals surface area contributed by atoms with Crippen molar-refractivity contribution in [3.63, 3.8) is 0 Å². The highest BCUT2D eigenvalue weighted by Gasteiger charge is 2.23. The molecule has 94 valence electrons. The van der Waals surface area contributed by atoms with Crippen LogP contribution in [0, 0.1) is 17.0 Å². The number of nitro benzene ring substituents is 1. The number of rotatable bonds is 5. The van der Waals surface area contributed by atoms with Gasteiger partial charge in [-0.25, -0.2) is 0 Å². The summed E-state index contributed by atoms with van der Waals surface area (Å²) in [7, 11) is 0. The summed E-state index contributed by atoms with van der Waals surface area (Å²) >= 11 is 10.8. The van der Waals surface area contributed by atoms with Gasteiger partial charge in [0.1, 0.15) is 0 Å². The van der Waals surface area contributed by atoms with E-state index in [4.69, 9.17) is 32.1 Å². The number of halogens is 1. The zero-order chi connectivity index (χ0) is 13.1. The monoisotopic (exact) mass is 295 g/mol. The molecule has 0 heterocycles. The second-order valence-electron chi connectivity index (χ2n) is 3.17. The third kappa shape index (κ3) is 4.24. The Morgan fingerprint density at radius 1 is 1.59 bits per heavy atom. The van der Waals surface area contributed by atoms with Gasteiger partial charge in [-0.2, -0.15) is 0 Å². The maximum Gasteiger partial charge on any atom is 0.333 e. The molecule has 0 saturated heterocycles. The molecule has 1 atom stereocenters. The fraction of sp³-hybridized carbons (Fsp3) is 0.333. The van der Waals surface area contributed by atoms with Gasteiger partial charge in [-0.15, -0.1) is 0 Å². The Bertz CT molecular complexity index is 482. The lowest BCUT2D eigenvalue weighted by Crippen LogP contribution is -1.97. The molecule has 0 aliphatic carbocycles. The van der Waals surface area contributed by atoms with Crippen LogP contribution < -0.4 is 4.52 Å². The molecule has 0 amide bonds. The predicted molar refractivity (Wildman–Crippen MR) is 70.2 cm³/mol. The molecule has 17 heavy (non-hydrogen) atoms. The topological polar surface area (TPSA) is 61.6 Å². The molecule has 0 aromatic heterocycles. The number of hydrogen-bond acceptors (Lipinski definition) is 5. The van der Waals surface area contributed by atoms with Crippen molar-refractivity contribution in [1.29, 1.82) is 0 Å². The van der Waals surface area contributed by atoms with E-state index < -0.39 is 10.8 Å². The normalized spacial score (nSPS) is 14.1. The van der Waals surface area contributed by atoms with E-state index in [9.17, 15) is 10.1 Å². The van der Waals surface area contributed by atoms with Crippen molar-refractivity contribution in [1.82, 2.24) is 0 Å². The molecule has 0 saturated carbocycles. The number of nitrogens with zero attached hydrogens (tertiary/aromatic N) is 1. The predicted octanol–water partition coefficient (Wildman–Crippen LogP) is 3.78. The maximum atomic E-state index is 10.8. The third-order valence-electron chi connectivity index (χ3n) is 1.80. The first kappa shape index (κ1) is 14.4. The van der Waals surface area contributed by atoms with E-state index >= 15 is 0 Å². The minimum absolute atomic E-state index is 0.0346. The van der Waals surface area contributed by atoms with Crippen LogP contribution in [0.4, 0.5) is 5.69 Å². The van der Waals surface area contributed by atoms with E-state index in [0.29, 0.717) is 6.61 Å². The van der Waals surface area contributed by atoms with Gasteiger partial charge in [0, 0.05) is 6.07 Å². The molecule has 8 heteroatoms. The first-order valence-corrected chi connectivity index (χ1v) is 8.29. The van der Waals surface area contributed by atoms with E-state index in [1.165, 1.54) is 12.1 Å². The molecule has 5 nitrogen and oxygen atoms in total. The molecular weight excluding hydrogens is 285 g/mol. The van der Waals surface area contributed by atoms with Crippen LogP contribution in [0.3, 0.4) is 0 Å². The van der Waals surface area contributed by atoms with Gasteiger partial charge in [-0.1, -0.05) is 6.07 Å². The van der Waals surface area contributed by atoms with Gasteiger partial charge in [-0.05, 0) is 48.5 Å². The maximum absolute atomic E-state index is 10.8. The SMILES string of the molecule is CCOP(=S)(Cl)Oc1ccc(C)cc1[N+](=O)[O-]. The van der Waals surface area contributed by atoms with E-state index in [1.807, 2.05) is 0 Å². The Labute approximate surface area is 109 Å². The molecule has 0 aliphatic rings. The van der Waals surface area contributed by atoms with Crippen LogP contribution in [0.1, 0.15) is 12.5 Å². The van der Waals surface area contributed by atoms with E-state index in [-0.39, 0.29) is 11.4 Å². The Balaban J connectivity index is 3.06. The number of benzene rings is 1. The summed E-state index contributed by atoms with van der Waals surface area (Å²) in [5, 5.41) is 10.8. The summed E-state index contributed by atoms with van der Waals surface area (Å²) in [5.74, 6) is -2.96. The largest absolute Gasteiger partial charge is 0.425 e. The third-order valence-corrected chi connectivity index (χ3v) is 3.82. The molecule has 1 unspecified atom stereocenters. The van der Waals surface area contributed by atoms with Gasteiger partial charge < -0.3 is 9.05 Å². The van der Waals surface area contributed by atoms with Crippen molar-refractivity contribution < 1.29 is 14.0 Å². The van der Waals surface area contributed by atoms with E-state index in [2.05, 4.69) is 0 Å². The highest BCUT2D eigenvalue weighted by molar-refractivity contribution is 8.22. The fourth-order valence-electron chi connectivity index (χ4n) is 1.15. The van der Waals surface area contributed by atoms with Crippen LogP contribution in [-0.2, 0) is 16.3 Å². The Hall–Kier alpha value is -0.680. The average Bonchev–Trinajstić information content (AvgIpc) is 2.20. The molecule has 0 radical (unpaired) electrons. The first-order chi connectivity index (χ1) is 7.85. The molecule has 1 aromatic rings. The molecule has 0 bridgehead atoms. The number of nitro groups is 1. The van der Waals surface area contributed by atoms with Crippen molar-refractivity contribution >= 4 is 34.6 Å². The van der Waals surface area contributed by atoms with E-state index in [0.717, 1.165) is 5.56 Å². The number of hydrogen-bond donors (Lipinski definition) is 0. The fourth-order valence-corrected chi connectivity index (χ4v) is 2.97. The van der Waals surface area contributed by atoms with Crippen molar-refractivity contribution in [2.24, 2.45) is 0 Å². The van der Waals surface area contributed by atoms with Crippen LogP contribution in [0.15, 0.2) is 18.2 Å². The van der Waals surface area contributed by atoms with Gasteiger partial charge in [0.15, 0.2) is 0 Å². The lowest BCUT2D eigenvalue weighted by atomic mass is 10.2. The lowest BCUT2D eigenvalue weighted by Gasteiger charge is -2.15. The Morgan fingerprint density at radius 2 is 2.24 bits per heavy atom. The minimum Gasteiger partial charge on any atom is -0.425 e. The van der Waals surface area contributed by atoms with Crippen LogP contribution in [-0.4, -0.2) is 11.5 Å². The van der Waals surface area contributed by atoms with Crippen LogP contribution >= 0.6 is 17.1 Å². The lowest BCUT2D eigenvalue weighted by molar-refractivity contribution is -0.385. The number of aryl methyl sites for hydroxylation is 1. The van der Waals surface area contributed by atoms with Gasteiger partial charge in [-0.3, -0.25) is 10.1 Å². The smallest absolute Gasteiger partial charge is 0.333 e. The molecule has 0 aliphatic heterocycles. The van der Waals surface area contributed by atoms with Gasteiger partial charge in [0.05, 0.1) is 11.5 Å². The van der Waals surface area contributed by atoms with Crippen LogP contribution in [0.25, 0.3) is 0 Å². The average molecular weight is 296 g/mol. The molecule has 0 spiro atoms. The zero-order valence-electron chi connectivity index (χ0n) is 9.25.